The molecule has 0 fully saturated rings. The van der Waals surface area contributed by atoms with Crippen molar-refractivity contribution in [2.75, 3.05) is 53.5 Å². The van der Waals surface area contributed by atoms with Gasteiger partial charge >= 0.3 is 0 Å². The van der Waals surface area contributed by atoms with Crippen molar-refractivity contribution in [2.24, 2.45) is 0 Å². The Bertz CT molecular complexity index is 1020. The van der Waals surface area contributed by atoms with Crippen LogP contribution in [0, 0.1) is 0 Å². The number of nitrogens with one attached hydrogen (secondary N) is 3. The van der Waals surface area contributed by atoms with E-state index in [1.54, 1.807) is 35.9 Å². The van der Waals surface area contributed by atoms with Gasteiger partial charge in [0.25, 0.3) is 5.91 Å². The quantitative estimate of drug-likeness (QED) is 0.491. The van der Waals surface area contributed by atoms with Crippen molar-refractivity contribution in [2.45, 2.75) is 52.0 Å². The van der Waals surface area contributed by atoms with Gasteiger partial charge in [-0.3, -0.25) is 24.0 Å². The summed E-state index contributed by atoms with van der Waals surface area (Å²) in [4.78, 5) is 64.7. The van der Waals surface area contributed by atoms with Gasteiger partial charge in [-0.05, 0) is 50.3 Å². The van der Waals surface area contributed by atoms with E-state index in [-0.39, 0.29) is 43.2 Å². The summed E-state index contributed by atoms with van der Waals surface area (Å²) in [7, 11) is 3.16. The molecule has 12 nitrogen and oxygen atoms in total. The molecule has 1 aromatic rings. The van der Waals surface area contributed by atoms with E-state index < -0.39 is 11.9 Å². The molecule has 1 heterocycles. The van der Waals surface area contributed by atoms with Gasteiger partial charge in [0.15, 0.2) is 18.1 Å². The van der Waals surface area contributed by atoms with Gasteiger partial charge in [0.1, 0.15) is 6.04 Å². The summed E-state index contributed by atoms with van der Waals surface area (Å²) in [6.45, 7) is 4.31. The second-order valence-corrected chi connectivity index (χ2v) is 9.52. The van der Waals surface area contributed by atoms with Crippen LogP contribution in [0.5, 0.6) is 11.5 Å². The average Bonchev–Trinajstić information content (AvgIpc) is 2.91. The van der Waals surface area contributed by atoms with Gasteiger partial charge in [0, 0.05) is 46.6 Å². The number of likely N-dealkylation sites (N-methyl/N-ethyl adjacent to an activating group) is 1. The van der Waals surface area contributed by atoms with Crippen molar-refractivity contribution < 1.29 is 33.4 Å². The number of hydrogen-bond acceptors (Lipinski definition) is 7. The number of ether oxygens (including phenoxy) is 2. The van der Waals surface area contributed by atoms with Gasteiger partial charge in [-0.1, -0.05) is 6.07 Å². The van der Waals surface area contributed by atoms with E-state index in [1.807, 2.05) is 6.07 Å². The van der Waals surface area contributed by atoms with Crippen LogP contribution in [0.15, 0.2) is 18.2 Å². The summed E-state index contributed by atoms with van der Waals surface area (Å²) < 4.78 is 11.0. The zero-order valence-electron chi connectivity index (χ0n) is 23.3. The molecule has 1 atom stereocenters. The highest BCUT2D eigenvalue weighted by Crippen LogP contribution is 2.28. The molecule has 5 amide bonds. The average molecular weight is 548 g/mol. The van der Waals surface area contributed by atoms with Gasteiger partial charge in [-0.15, -0.1) is 0 Å². The van der Waals surface area contributed by atoms with E-state index in [0.717, 1.165) is 5.56 Å². The van der Waals surface area contributed by atoms with E-state index in [1.165, 1.54) is 14.0 Å². The fourth-order valence-electron chi connectivity index (χ4n) is 4.09. The summed E-state index contributed by atoms with van der Waals surface area (Å²) in [5.41, 5.74) is 0.836. The Hall–Kier alpha value is -3.83. The summed E-state index contributed by atoms with van der Waals surface area (Å²) in [5.74, 6) is -0.477. The first-order valence-corrected chi connectivity index (χ1v) is 13.2. The van der Waals surface area contributed by atoms with E-state index in [4.69, 9.17) is 9.47 Å². The minimum absolute atomic E-state index is 0.0924. The van der Waals surface area contributed by atoms with Crippen LogP contribution in [0.1, 0.15) is 45.1 Å². The Kier molecular flexibility index (Phi) is 13.0. The van der Waals surface area contributed by atoms with Crippen molar-refractivity contribution in [3.63, 3.8) is 0 Å². The maximum atomic E-state index is 12.7. The van der Waals surface area contributed by atoms with Crippen LogP contribution in [0.2, 0.25) is 0 Å². The molecule has 216 valence electrons. The van der Waals surface area contributed by atoms with Gasteiger partial charge in [0.2, 0.25) is 23.6 Å². The van der Waals surface area contributed by atoms with Crippen molar-refractivity contribution >= 4 is 29.5 Å². The number of carbonyl (C=O) groups excluding carboxylic acids is 5. The van der Waals surface area contributed by atoms with E-state index >= 15 is 0 Å². The molecule has 1 aromatic carbocycles. The Morgan fingerprint density at radius 2 is 1.79 bits per heavy atom. The number of amides is 5. The Morgan fingerprint density at radius 1 is 1.08 bits per heavy atom. The fourth-order valence-corrected chi connectivity index (χ4v) is 4.09. The van der Waals surface area contributed by atoms with Gasteiger partial charge < -0.3 is 35.2 Å². The number of methoxy groups -OCH3 is 1. The van der Waals surface area contributed by atoms with Crippen LogP contribution in [0.3, 0.4) is 0 Å². The van der Waals surface area contributed by atoms with Crippen molar-refractivity contribution in [3.8, 4) is 11.5 Å². The number of rotatable bonds is 3. The molecule has 0 radical (unpaired) electrons. The third-order valence-electron chi connectivity index (χ3n) is 6.29. The van der Waals surface area contributed by atoms with Gasteiger partial charge in [0.05, 0.1) is 13.7 Å². The number of hydrogen-bond donors (Lipinski definition) is 3. The van der Waals surface area contributed by atoms with Crippen LogP contribution in [-0.4, -0.2) is 98.9 Å². The van der Waals surface area contributed by atoms with Crippen LogP contribution >= 0.6 is 0 Å². The molecule has 12 heteroatoms. The summed E-state index contributed by atoms with van der Waals surface area (Å²) in [6.07, 6.45) is 2.56. The van der Waals surface area contributed by atoms with Crippen LogP contribution < -0.4 is 25.4 Å². The molecule has 1 aliphatic rings. The Morgan fingerprint density at radius 3 is 2.51 bits per heavy atom. The van der Waals surface area contributed by atoms with Crippen LogP contribution in [0.25, 0.3) is 0 Å². The predicted molar refractivity (Wildman–Crippen MR) is 144 cm³/mol. The first kappa shape index (κ1) is 31.4. The van der Waals surface area contributed by atoms with E-state index in [2.05, 4.69) is 16.0 Å². The second-order valence-electron chi connectivity index (χ2n) is 9.52. The molecular formula is C27H41N5O7. The van der Waals surface area contributed by atoms with E-state index in [9.17, 15) is 24.0 Å². The summed E-state index contributed by atoms with van der Waals surface area (Å²) >= 11 is 0. The number of fused-ring (bicyclic) bond motifs is 2. The lowest BCUT2D eigenvalue weighted by atomic mass is 10.1. The normalized spacial score (nSPS) is 19.0. The monoisotopic (exact) mass is 547 g/mol. The molecule has 0 saturated heterocycles. The molecule has 2 rings (SSSR count). The Balaban J connectivity index is 2.12. The number of carbonyl (C=O) groups is 5. The lowest BCUT2D eigenvalue weighted by Gasteiger charge is -2.25. The number of benzene rings is 1. The maximum absolute atomic E-state index is 12.7. The molecule has 0 aliphatic carbocycles. The molecule has 1 aliphatic heterocycles. The zero-order chi connectivity index (χ0) is 28.8. The summed E-state index contributed by atoms with van der Waals surface area (Å²) in [6, 6.07) is 4.53. The second kappa shape index (κ2) is 16.2. The van der Waals surface area contributed by atoms with Crippen LogP contribution in [0.4, 0.5) is 0 Å². The van der Waals surface area contributed by atoms with Crippen molar-refractivity contribution in [1.82, 2.24) is 25.8 Å². The van der Waals surface area contributed by atoms with Gasteiger partial charge in [-0.2, -0.15) is 0 Å². The molecule has 3 N–H and O–H groups in total. The standard InChI is InChI=1S/C27H41N5O7/c1-19-27(37)31(3)13-5-6-14-32(26(36)17-29-20(2)33)15-7-12-28-24(34)11-9-21-8-10-22(38-4)23(16-21)39-18-25(35)30-19/h8,10,16,19H,5-7,9,11-15,17-18H2,1-4H3,(H,28,34)(H,29,33)(H,30,35)/t19-/m0/s1. The highest BCUT2D eigenvalue weighted by molar-refractivity contribution is 5.87. The molecule has 39 heavy (non-hydrogen) atoms. The molecule has 0 spiro atoms. The van der Waals surface area contributed by atoms with Crippen LogP contribution in [-0.2, 0) is 30.4 Å². The lowest BCUT2D eigenvalue weighted by Crippen LogP contribution is -2.47. The predicted octanol–water partition coefficient (Wildman–Crippen LogP) is 0.235. The largest absolute Gasteiger partial charge is 0.493 e. The summed E-state index contributed by atoms with van der Waals surface area (Å²) in [5, 5.41) is 8.07. The first-order valence-electron chi connectivity index (χ1n) is 13.2. The van der Waals surface area contributed by atoms with Gasteiger partial charge in [-0.25, -0.2) is 0 Å². The molecule has 0 aromatic heterocycles. The van der Waals surface area contributed by atoms with Crippen molar-refractivity contribution in [3.05, 3.63) is 23.8 Å². The van der Waals surface area contributed by atoms with Crippen molar-refractivity contribution in [1.29, 1.82) is 0 Å². The molecule has 2 bridgehead atoms. The first-order chi connectivity index (χ1) is 18.6. The molecular weight excluding hydrogens is 506 g/mol. The highest BCUT2D eigenvalue weighted by atomic mass is 16.5. The smallest absolute Gasteiger partial charge is 0.258 e. The molecule has 0 saturated carbocycles. The minimum Gasteiger partial charge on any atom is -0.493 e. The number of aryl methyl sites for hydroxylation is 1. The number of nitrogens with zero attached hydrogens (tertiary/aromatic N) is 2. The minimum atomic E-state index is -0.744. The molecule has 0 unspecified atom stereocenters. The fraction of sp³-hybridized carbons (Fsp3) is 0.593. The SMILES string of the molecule is COc1ccc2cc1OCC(=O)N[C@@H](C)C(=O)N(C)CCCCN(C(=O)CNC(C)=O)CCCNC(=O)CC2. The third-order valence-corrected chi connectivity index (χ3v) is 6.29. The Labute approximate surface area is 229 Å². The third kappa shape index (κ3) is 11.2. The maximum Gasteiger partial charge on any atom is 0.258 e. The lowest BCUT2D eigenvalue weighted by molar-refractivity contribution is -0.135. The highest BCUT2D eigenvalue weighted by Gasteiger charge is 2.20. The topological polar surface area (TPSA) is 146 Å². The zero-order valence-corrected chi connectivity index (χ0v) is 23.3. The van der Waals surface area contributed by atoms with E-state index in [0.29, 0.717) is 63.4 Å².